The number of rotatable bonds is 5. The lowest BCUT2D eigenvalue weighted by atomic mass is 9.57. The highest BCUT2D eigenvalue weighted by molar-refractivity contribution is 5.11. The van der Waals surface area contributed by atoms with Crippen LogP contribution < -0.4 is 5.32 Å². The molecule has 5 heteroatoms. The maximum absolute atomic E-state index is 9.05. The van der Waals surface area contributed by atoms with Crippen LogP contribution >= 0.6 is 0 Å². The second-order valence-corrected chi connectivity index (χ2v) is 7.70. The molecular formula is C17H29N3O2. The molecule has 0 aromatic carbocycles. The van der Waals surface area contributed by atoms with E-state index in [0.29, 0.717) is 29.2 Å². The van der Waals surface area contributed by atoms with E-state index in [2.05, 4.69) is 36.3 Å². The van der Waals surface area contributed by atoms with Gasteiger partial charge in [-0.1, -0.05) is 19.0 Å². The van der Waals surface area contributed by atoms with E-state index < -0.39 is 0 Å². The number of aliphatic hydroxyl groups is 1. The first-order chi connectivity index (χ1) is 10.5. The van der Waals surface area contributed by atoms with Crippen LogP contribution in [-0.2, 0) is 13.0 Å². The smallest absolute Gasteiger partial charge is 0.162 e. The molecule has 1 aliphatic heterocycles. The van der Waals surface area contributed by atoms with Gasteiger partial charge in [0.2, 0.25) is 0 Å². The summed E-state index contributed by atoms with van der Waals surface area (Å²) in [7, 11) is 2.21. The summed E-state index contributed by atoms with van der Waals surface area (Å²) in [6, 6.07) is 3.16. The van der Waals surface area contributed by atoms with Crippen LogP contribution in [0, 0.1) is 11.3 Å². The molecule has 2 unspecified atom stereocenters. The molecule has 1 aromatic heterocycles. The summed E-state index contributed by atoms with van der Waals surface area (Å²) in [5.74, 6) is 1.20. The van der Waals surface area contributed by atoms with Gasteiger partial charge in [0.05, 0.1) is 5.69 Å². The Balaban J connectivity index is 1.51. The Morgan fingerprint density at radius 1 is 1.41 bits per heavy atom. The number of piperidine rings is 1. The Morgan fingerprint density at radius 3 is 2.73 bits per heavy atom. The van der Waals surface area contributed by atoms with Gasteiger partial charge < -0.3 is 19.8 Å². The standard InChI is InChI=1S/C17H29N3O2/c1-17(2)12(8-14-10-15(11-21)22-19-14)9-16(17)18-13-4-6-20(3)7-5-13/h10,12-13,16,18,21H,4-9,11H2,1-3H3. The molecule has 1 saturated carbocycles. The van der Waals surface area contributed by atoms with E-state index in [0.717, 1.165) is 12.1 Å². The third kappa shape index (κ3) is 3.21. The number of hydrogen-bond donors (Lipinski definition) is 2. The summed E-state index contributed by atoms with van der Waals surface area (Å²) >= 11 is 0. The van der Waals surface area contributed by atoms with E-state index in [4.69, 9.17) is 9.63 Å². The molecule has 3 rings (SSSR count). The molecule has 1 aromatic rings. The van der Waals surface area contributed by atoms with Gasteiger partial charge in [0.1, 0.15) is 6.61 Å². The van der Waals surface area contributed by atoms with Crippen molar-refractivity contribution < 1.29 is 9.63 Å². The molecule has 2 heterocycles. The first-order valence-electron chi connectivity index (χ1n) is 8.49. The highest BCUT2D eigenvalue weighted by atomic mass is 16.5. The molecule has 1 saturated heterocycles. The monoisotopic (exact) mass is 307 g/mol. The highest BCUT2D eigenvalue weighted by Gasteiger charge is 2.48. The van der Waals surface area contributed by atoms with Crippen LogP contribution in [0.25, 0.3) is 0 Å². The first-order valence-corrected chi connectivity index (χ1v) is 8.49. The summed E-state index contributed by atoms with van der Waals surface area (Å²) in [6.45, 7) is 7.07. The summed E-state index contributed by atoms with van der Waals surface area (Å²) in [6.07, 6.45) is 4.68. The fourth-order valence-electron chi connectivity index (χ4n) is 3.88. The normalized spacial score (nSPS) is 29.5. The first kappa shape index (κ1) is 16.0. The maximum atomic E-state index is 9.05. The van der Waals surface area contributed by atoms with Crippen molar-refractivity contribution in [1.82, 2.24) is 15.4 Å². The van der Waals surface area contributed by atoms with Gasteiger partial charge in [-0.25, -0.2) is 0 Å². The quantitative estimate of drug-likeness (QED) is 0.869. The van der Waals surface area contributed by atoms with Crippen LogP contribution in [0.3, 0.4) is 0 Å². The van der Waals surface area contributed by atoms with Crippen molar-refractivity contribution in [1.29, 1.82) is 0 Å². The topological polar surface area (TPSA) is 61.5 Å². The van der Waals surface area contributed by atoms with Crippen molar-refractivity contribution in [2.75, 3.05) is 20.1 Å². The average Bonchev–Trinajstić information content (AvgIpc) is 2.96. The molecule has 124 valence electrons. The van der Waals surface area contributed by atoms with Crippen LogP contribution in [0.15, 0.2) is 10.6 Å². The third-order valence-corrected chi connectivity index (χ3v) is 5.85. The summed E-state index contributed by atoms with van der Waals surface area (Å²) in [5, 5.41) is 17.0. The van der Waals surface area contributed by atoms with Crippen molar-refractivity contribution in [3.8, 4) is 0 Å². The number of likely N-dealkylation sites (tertiary alicyclic amines) is 1. The van der Waals surface area contributed by atoms with Gasteiger partial charge in [0.15, 0.2) is 5.76 Å². The second-order valence-electron chi connectivity index (χ2n) is 7.70. The van der Waals surface area contributed by atoms with Gasteiger partial charge in [-0.05, 0) is 57.2 Å². The van der Waals surface area contributed by atoms with Gasteiger partial charge in [0.25, 0.3) is 0 Å². The van der Waals surface area contributed by atoms with Crippen molar-refractivity contribution in [2.45, 2.75) is 58.2 Å². The minimum Gasteiger partial charge on any atom is -0.388 e. The van der Waals surface area contributed by atoms with E-state index in [1.807, 2.05) is 6.07 Å². The molecule has 0 spiro atoms. The van der Waals surface area contributed by atoms with Crippen LogP contribution in [0.1, 0.15) is 44.6 Å². The zero-order chi connectivity index (χ0) is 15.7. The zero-order valence-corrected chi connectivity index (χ0v) is 14.0. The molecule has 2 fully saturated rings. The van der Waals surface area contributed by atoms with Gasteiger partial charge in [-0.3, -0.25) is 0 Å². The van der Waals surface area contributed by atoms with Crippen LogP contribution in [0.4, 0.5) is 0 Å². The Hall–Kier alpha value is -0.910. The van der Waals surface area contributed by atoms with Crippen LogP contribution in [0.2, 0.25) is 0 Å². The SMILES string of the molecule is CN1CCC(NC2CC(Cc3cc(CO)on3)C2(C)C)CC1. The molecule has 2 aliphatic rings. The third-order valence-electron chi connectivity index (χ3n) is 5.85. The minimum absolute atomic E-state index is 0.0681. The predicted octanol–water partition coefficient (Wildman–Crippen LogP) is 1.81. The van der Waals surface area contributed by atoms with Crippen molar-refractivity contribution in [2.24, 2.45) is 11.3 Å². The number of aliphatic hydroxyl groups excluding tert-OH is 1. The lowest BCUT2D eigenvalue weighted by Gasteiger charge is -2.54. The summed E-state index contributed by atoms with van der Waals surface area (Å²) in [5.41, 5.74) is 1.27. The maximum Gasteiger partial charge on any atom is 0.162 e. The number of hydrogen-bond acceptors (Lipinski definition) is 5. The van der Waals surface area contributed by atoms with Gasteiger partial charge >= 0.3 is 0 Å². The van der Waals surface area contributed by atoms with Gasteiger partial charge in [-0.2, -0.15) is 0 Å². The molecule has 5 nitrogen and oxygen atoms in total. The van der Waals surface area contributed by atoms with E-state index in [1.54, 1.807) is 0 Å². The second kappa shape index (κ2) is 6.30. The van der Waals surface area contributed by atoms with Gasteiger partial charge in [0, 0.05) is 18.2 Å². The van der Waals surface area contributed by atoms with Gasteiger partial charge in [-0.15, -0.1) is 0 Å². The molecule has 0 amide bonds. The largest absolute Gasteiger partial charge is 0.388 e. The van der Waals surface area contributed by atoms with Crippen LogP contribution in [0.5, 0.6) is 0 Å². The molecule has 0 radical (unpaired) electrons. The number of aromatic nitrogens is 1. The molecule has 2 atom stereocenters. The fraction of sp³-hybridized carbons (Fsp3) is 0.824. The minimum atomic E-state index is -0.0681. The summed E-state index contributed by atoms with van der Waals surface area (Å²) in [4.78, 5) is 2.41. The van der Waals surface area contributed by atoms with Crippen molar-refractivity contribution in [3.63, 3.8) is 0 Å². The Labute approximate surface area is 133 Å². The molecular weight excluding hydrogens is 278 g/mol. The van der Waals surface area contributed by atoms with Crippen molar-refractivity contribution >= 4 is 0 Å². The van der Waals surface area contributed by atoms with E-state index in [-0.39, 0.29) is 6.61 Å². The zero-order valence-electron chi connectivity index (χ0n) is 14.0. The molecule has 0 bridgehead atoms. The Bertz CT molecular complexity index is 492. The molecule has 2 N–H and O–H groups in total. The average molecular weight is 307 g/mol. The predicted molar refractivity (Wildman–Crippen MR) is 85.5 cm³/mol. The Morgan fingerprint density at radius 2 is 2.14 bits per heavy atom. The van der Waals surface area contributed by atoms with E-state index in [9.17, 15) is 0 Å². The van der Waals surface area contributed by atoms with Crippen LogP contribution in [-0.4, -0.2) is 47.4 Å². The fourth-order valence-corrected chi connectivity index (χ4v) is 3.88. The highest BCUT2D eigenvalue weighted by Crippen LogP contribution is 2.48. The lowest BCUT2D eigenvalue weighted by Crippen LogP contribution is -2.60. The van der Waals surface area contributed by atoms with E-state index >= 15 is 0 Å². The number of nitrogens with one attached hydrogen (secondary N) is 1. The number of nitrogens with zero attached hydrogens (tertiary/aromatic N) is 2. The Kier molecular flexibility index (Phi) is 4.57. The lowest BCUT2D eigenvalue weighted by molar-refractivity contribution is 0.00205. The van der Waals surface area contributed by atoms with Crippen molar-refractivity contribution in [3.05, 3.63) is 17.5 Å². The summed E-state index contributed by atoms with van der Waals surface area (Å²) < 4.78 is 5.09. The van der Waals surface area contributed by atoms with E-state index in [1.165, 1.54) is 32.4 Å². The molecule has 22 heavy (non-hydrogen) atoms. The molecule has 1 aliphatic carbocycles.